The summed E-state index contributed by atoms with van der Waals surface area (Å²) in [5, 5.41) is 2.79. The Bertz CT molecular complexity index is 1350. The Hall–Kier alpha value is -3.12. The van der Waals surface area contributed by atoms with Gasteiger partial charge in [-0.15, -0.1) is 0 Å². The molecule has 6 atom stereocenters. The second-order valence-electron chi connectivity index (χ2n) is 9.57. The Balaban J connectivity index is 1.47. The van der Waals surface area contributed by atoms with E-state index >= 15 is 0 Å². The highest BCUT2D eigenvalue weighted by Gasteiger charge is 2.53. The molecule has 0 saturated carbocycles. The van der Waals surface area contributed by atoms with Gasteiger partial charge in [0.1, 0.15) is 24.4 Å². The molecule has 0 unspecified atom stereocenters. The largest absolute Gasteiger partial charge is 0.346 e. The lowest BCUT2D eigenvalue weighted by Gasteiger charge is -2.48. The SMILES string of the molecule is CC(=O)N[C@H]1[C@@H](OCc2ccccc2)O[C@@H]2CO[C@@H](c3ccccc3)O[C@H]2[C@@H]1OS(=O)(=O)c1ccc(C)cc1. The van der Waals surface area contributed by atoms with E-state index in [4.69, 9.17) is 23.1 Å². The van der Waals surface area contributed by atoms with Crippen LogP contribution in [0.5, 0.6) is 0 Å². The fourth-order valence-corrected chi connectivity index (χ4v) is 5.76. The zero-order valence-electron chi connectivity index (χ0n) is 21.6. The van der Waals surface area contributed by atoms with E-state index in [2.05, 4.69) is 5.32 Å². The van der Waals surface area contributed by atoms with Gasteiger partial charge in [0.25, 0.3) is 10.1 Å². The standard InChI is InChI=1S/C29H31NO8S/c1-19-13-15-23(16-14-19)39(32,33)38-27-25(30-20(2)31)29(34-17-21-9-5-3-6-10-21)36-24-18-35-28(37-26(24)27)22-11-7-4-8-12-22/h3-16,24-29H,17-18H2,1-2H3,(H,30,31)/t24-,25-,26-,27-,28-,29+/m1/s1. The molecule has 2 saturated heterocycles. The molecule has 206 valence electrons. The summed E-state index contributed by atoms with van der Waals surface area (Å²) in [5.41, 5.74) is 2.55. The van der Waals surface area contributed by atoms with Gasteiger partial charge in [0.05, 0.1) is 18.1 Å². The summed E-state index contributed by atoms with van der Waals surface area (Å²) in [4.78, 5) is 12.3. The summed E-state index contributed by atoms with van der Waals surface area (Å²) in [7, 11) is -4.25. The first kappa shape index (κ1) is 27.4. The molecule has 0 aliphatic carbocycles. The minimum atomic E-state index is -4.25. The molecule has 1 N–H and O–H groups in total. The van der Waals surface area contributed by atoms with Crippen LogP contribution in [0.3, 0.4) is 0 Å². The molecule has 3 aromatic rings. The van der Waals surface area contributed by atoms with Crippen molar-refractivity contribution in [2.45, 2.75) is 62.3 Å². The molecule has 0 radical (unpaired) electrons. The van der Waals surface area contributed by atoms with Gasteiger partial charge < -0.3 is 24.3 Å². The van der Waals surface area contributed by atoms with E-state index < -0.39 is 53.0 Å². The molecule has 0 bridgehead atoms. The monoisotopic (exact) mass is 553 g/mol. The zero-order valence-corrected chi connectivity index (χ0v) is 22.5. The van der Waals surface area contributed by atoms with Crippen LogP contribution in [-0.4, -0.2) is 51.6 Å². The average molecular weight is 554 g/mol. The molecule has 3 aromatic carbocycles. The second-order valence-corrected chi connectivity index (χ2v) is 11.1. The summed E-state index contributed by atoms with van der Waals surface area (Å²) < 4.78 is 57.3. The minimum absolute atomic E-state index is 0.00820. The summed E-state index contributed by atoms with van der Waals surface area (Å²) in [6.07, 6.45) is -4.58. The van der Waals surface area contributed by atoms with Crippen molar-refractivity contribution < 1.29 is 36.3 Å². The molecule has 5 rings (SSSR count). The molecule has 10 heteroatoms. The van der Waals surface area contributed by atoms with E-state index in [1.54, 1.807) is 12.1 Å². The zero-order chi connectivity index (χ0) is 27.4. The Labute approximate surface area is 228 Å². The molecular formula is C29H31NO8S. The van der Waals surface area contributed by atoms with Crippen molar-refractivity contribution in [1.29, 1.82) is 0 Å². The summed E-state index contributed by atoms with van der Waals surface area (Å²) in [6, 6.07) is 24.1. The number of ether oxygens (including phenoxy) is 4. The highest BCUT2D eigenvalue weighted by Crippen LogP contribution is 2.37. The maximum absolute atomic E-state index is 13.5. The highest BCUT2D eigenvalue weighted by atomic mass is 32.2. The van der Waals surface area contributed by atoms with Crippen LogP contribution < -0.4 is 5.32 Å². The molecule has 2 aliphatic heterocycles. The van der Waals surface area contributed by atoms with Crippen molar-refractivity contribution >= 4 is 16.0 Å². The van der Waals surface area contributed by atoms with Crippen LogP contribution in [-0.2, 0) is 44.7 Å². The lowest BCUT2D eigenvalue weighted by Crippen LogP contribution is -2.67. The highest BCUT2D eigenvalue weighted by molar-refractivity contribution is 7.86. The smallest absolute Gasteiger partial charge is 0.297 e. The lowest BCUT2D eigenvalue weighted by atomic mass is 9.95. The van der Waals surface area contributed by atoms with E-state index in [9.17, 15) is 13.2 Å². The van der Waals surface area contributed by atoms with E-state index in [1.807, 2.05) is 67.6 Å². The number of fused-ring (bicyclic) bond motifs is 1. The fourth-order valence-electron chi connectivity index (χ4n) is 4.66. The maximum atomic E-state index is 13.5. The third-order valence-electron chi connectivity index (χ3n) is 6.59. The van der Waals surface area contributed by atoms with Gasteiger partial charge in [0.15, 0.2) is 12.6 Å². The normalized spacial score (nSPS) is 26.9. The number of nitrogens with one attached hydrogen (secondary N) is 1. The first-order chi connectivity index (χ1) is 18.8. The number of benzene rings is 3. The second kappa shape index (κ2) is 12.0. The molecule has 2 aliphatic rings. The first-order valence-corrected chi connectivity index (χ1v) is 14.1. The van der Waals surface area contributed by atoms with E-state index in [0.717, 1.165) is 16.7 Å². The number of hydrogen-bond donors (Lipinski definition) is 1. The van der Waals surface area contributed by atoms with Crippen LogP contribution in [0, 0.1) is 6.92 Å². The molecule has 2 heterocycles. The van der Waals surface area contributed by atoms with Crippen molar-refractivity contribution in [1.82, 2.24) is 5.32 Å². The molecule has 9 nitrogen and oxygen atoms in total. The van der Waals surface area contributed by atoms with Gasteiger partial charge in [0, 0.05) is 12.5 Å². The van der Waals surface area contributed by atoms with Crippen LogP contribution in [0.15, 0.2) is 89.8 Å². The third kappa shape index (κ3) is 6.55. The van der Waals surface area contributed by atoms with Crippen LogP contribution in [0.4, 0.5) is 0 Å². The van der Waals surface area contributed by atoms with E-state index in [1.165, 1.54) is 19.1 Å². The number of amides is 1. The third-order valence-corrected chi connectivity index (χ3v) is 7.91. The van der Waals surface area contributed by atoms with Gasteiger partial charge >= 0.3 is 0 Å². The Morgan fingerprint density at radius 1 is 0.949 bits per heavy atom. The molecule has 0 aromatic heterocycles. The number of rotatable bonds is 8. The minimum Gasteiger partial charge on any atom is -0.346 e. The summed E-state index contributed by atoms with van der Waals surface area (Å²) in [5.74, 6) is -0.400. The Morgan fingerprint density at radius 2 is 1.62 bits per heavy atom. The number of hydrogen-bond acceptors (Lipinski definition) is 8. The molecular weight excluding hydrogens is 522 g/mol. The van der Waals surface area contributed by atoms with Crippen molar-refractivity contribution in [3.8, 4) is 0 Å². The Morgan fingerprint density at radius 3 is 2.28 bits per heavy atom. The molecule has 2 fully saturated rings. The molecule has 1 amide bonds. The number of aryl methyl sites for hydroxylation is 1. The number of carbonyl (C=O) groups excluding carboxylic acids is 1. The van der Waals surface area contributed by atoms with Crippen molar-refractivity contribution in [3.05, 3.63) is 102 Å². The van der Waals surface area contributed by atoms with Gasteiger partial charge in [-0.1, -0.05) is 78.4 Å². The molecule has 0 spiro atoms. The first-order valence-electron chi connectivity index (χ1n) is 12.7. The Kier molecular flexibility index (Phi) is 8.41. The van der Waals surface area contributed by atoms with Gasteiger partial charge in [-0.2, -0.15) is 8.42 Å². The predicted octanol–water partition coefficient (Wildman–Crippen LogP) is 3.63. The van der Waals surface area contributed by atoms with E-state index in [-0.39, 0.29) is 18.1 Å². The van der Waals surface area contributed by atoms with Gasteiger partial charge in [-0.25, -0.2) is 0 Å². The van der Waals surface area contributed by atoms with Crippen LogP contribution in [0.1, 0.15) is 29.9 Å². The predicted molar refractivity (Wildman–Crippen MR) is 141 cm³/mol. The van der Waals surface area contributed by atoms with Gasteiger partial charge in [-0.05, 0) is 24.6 Å². The van der Waals surface area contributed by atoms with Crippen LogP contribution in [0.25, 0.3) is 0 Å². The average Bonchev–Trinajstić information content (AvgIpc) is 2.94. The van der Waals surface area contributed by atoms with Crippen LogP contribution >= 0.6 is 0 Å². The lowest BCUT2D eigenvalue weighted by molar-refractivity contribution is -0.342. The number of carbonyl (C=O) groups is 1. The van der Waals surface area contributed by atoms with Crippen molar-refractivity contribution in [2.75, 3.05) is 6.61 Å². The molecule has 39 heavy (non-hydrogen) atoms. The summed E-state index contributed by atoms with van der Waals surface area (Å²) in [6.45, 7) is 3.47. The van der Waals surface area contributed by atoms with Crippen molar-refractivity contribution in [3.63, 3.8) is 0 Å². The van der Waals surface area contributed by atoms with Gasteiger partial charge in [-0.3, -0.25) is 8.98 Å². The maximum Gasteiger partial charge on any atom is 0.297 e. The fraction of sp³-hybridized carbons (Fsp3) is 0.345. The van der Waals surface area contributed by atoms with E-state index in [0.29, 0.717) is 0 Å². The van der Waals surface area contributed by atoms with Gasteiger partial charge in [0.2, 0.25) is 5.91 Å². The topological polar surface area (TPSA) is 109 Å². The quantitative estimate of drug-likeness (QED) is 0.422. The van der Waals surface area contributed by atoms with Crippen LogP contribution in [0.2, 0.25) is 0 Å². The van der Waals surface area contributed by atoms with Crippen molar-refractivity contribution in [2.24, 2.45) is 0 Å². The summed E-state index contributed by atoms with van der Waals surface area (Å²) >= 11 is 0.